The highest BCUT2D eigenvalue weighted by atomic mass is 32.2. The second kappa shape index (κ2) is 5.30. The van der Waals surface area contributed by atoms with E-state index in [4.69, 9.17) is 5.11 Å². The van der Waals surface area contributed by atoms with Gasteiger partial charge in [-0.1, -0.05) is 12.1 Å². The largest absolute Gasteiger partial charge is 0.392 e. The van der Waals surface area contributed by atoms with Gasteiger partial charge in [0.25, 0.3) is 0 Å². The van der Waals surface area contributed by atoms with Crippen LogP contribution in [0.25, 0.3) is 0 Å². The first kappa shape index (κ1) is 12.7. The zero-order valence-corrected chi connectivity index (χ0v) is 10.3. The third kappa shape index (κ3) is 2.95. The maximum absolute atomic E-state index is 11.9. The van der Waals surface area contributed by atoms with Gasteiger partial charge >= 0.3 is 0 Å². The number of aromatic nitrogens is 2. The van der Waals surface area contributed by atoms with E-state index in [-0.39, 0.29) is 18.0 Å². The van der Waals surface area contributed by atoms with E-state index < -0.39 is 10.0 Å². The van der Waals surface area contributed by atoms with Gasteiger partial charge in [0.15, 0.2) is 0 Å². The normalized spacial score (nSPS) is 11.6. The third-order valence-corrected chi connectivity index (χ3v) is 3.85. The van der Waals surface area contributed by atoms with Gasteiger partial charge in [-0.25, -0.2) is 13.1 Å². The van der Waals surface area contributed by atoms with Crippen molar-refractivity contribution >= 4 is 10.0 Å². The molecule has 18 heavy (non-hydrogen) atoms. The number of hydrogen-bond acceptors (Lipinski definition) is 4. The molecular weight excluding hydrogens is 254 g/mol. The van der Waals surface area contributed by atoms with Crippen molar-refractivity contribution in [3.8, 4) is 0 Å². The van der Waals surface area contributed by atoms with Crippen LogP contribution in [-0.2, 0) is 23.2 Å². The van der Waals surface area contributed by atoms with Gasteiger partial charge in [-0.15, -0.1) is 0 Å². The van der Waals surface area contributed by atoms with Crippen molar-refractivity contribution in [2.24, 2.45) is 0 Å². The lowest BCUT2D eigenvalue weighted by molar-refractivity contribution is 0.282. The number of sulfonamides is 1. The molecule has 0 aliphatic carbocycles. The number of aliphatic hydroxyl groups is 1. The first-order valence-electron chi connectivity index (χ1n) is 5.29. The first-order valence-corrected chi connectivity index (χ1v) is 6.77. The molecule has 2 rings (SSSR count). The standard InChI is InChI=1S/C11H13N3O3S/c15-8-9-1-3-11(4-2-9)18(16,17)14-7-10-5-12-13-6-10/h1-6,14-15H,7-8H2,(H,12,13). The molecule has 0 fully saturated rings. The minimum atomic E-state index is -3.53. The van der Waals surface area contributed by atoms with Crippen LogP contribution in [0.4, 0.5) is 0 Å². The van der Waals surface area contributed by atoms with E-state index >= 15 is 0 Å². The van der Waals surface area contributed by atoms with Crippen molar-refractivity contribution in [3.63, 3.8) is 0 Å². The van der Waals surface area contributed by atoms with E-state index in [1.807, 2.05) is 0 Å². The Balaban J connectivity index is 2.09. The molecule has 0 aliphatic heterocycles. The number of nitrogens with zero attached hydrogens (tertiary/aromatic N) is 1. The lowest BCUT2D eigenvalue weighted by Crippen LogP contribution is -2.23. The second-order valence-electron chi connectivity index (χ2n) is 3.73. The fourth-order valence-electron chi connectivity index (χ4n) is 1.41. The SMILES string of the molecule is O=S(=O)(NCc1cn[nH]c1)c1ccc(CO)cc1. The molecule has 3 N–H and O–H groups in total. The summed E-state index contributed by atoms with van der Waals surface area (Å²) in [4.78, 5) is 0.170. The van der Waals surface area contributed by atoms with Gasteiger partial charge < -0.3 is 5.11 Å². The Kier molecular flexibility index (Phi) is 3.75. The van der Waals surface area contributed by atoms with Crippen molar-refractivity contribution in [2.45, 2.75) is 18.0 Å². The number of aliphatic hydroxyl groups excluding tert-OH is 1. The summed E-state index contributed by atoms with van der Waals surface area (Å²) < 4.78 is 26.3. The molecule has 0 spiro atoms. The fraction of sp³-hybridized carbons (Fsp3) is 0.182. The van der Waals surface area contributed by atoms with Gasteiger partial charge in [0.1, 0.15) is 0 Å². The number of H-pyrrole nitrogens is 1. The van der Waals surface area contributed by atoms with Gasteiger partial charge in [-0.3, -0.25) is 5.10 Å². The number of hydrogen-bond donors (Lipinski definition) is 3. The van der Waals surface area contributed by atoms with Crippen LogP contribution in [0.15, 0.2) is 41.6 Å². The van der Waals surface area contributed by atoms with E-state index in [0.29, 0.717) is 5.56 Å². The minimum Gasteiger partial charge on any atom is -0.392 e. The molecule has 0 unspecified atom stereocenters. The highest BCUT2D eigenvalue weighted by molar-refractivity contribution is 7.89. The van der Waals surface area contributed by atoms with Crippen molar-refractivity contribution in [2.75, 3.05) is 0 Å². The Morgan fingerprint density at radius 1 is 1.22 bits per heavy atom. The maximum Gasteiger partial charge on any atom is 0.240 e. The molecule has 0 amide bonds. The van der Waals surface area contributed by atoms with E-state index in [2.05, 4.69) is 14.9 Å². The number of rotatable bonds is 5. The molecule has 0 aliphatic rings. The van der Waals surface area contributed by atoms with Gasteiger partial charge in [0.05, 0.1) is 17.7 Å². The summed E-state index contributed by atoms with van der Waals surface area (Å²) >= 11 is 0. The molecule has 96 valence electrons. The molecule has 1 aromatic carbocycles. The second-order valence-corrected chi connectivity index (χ2v) is 5.50. The highest BCUT2D eigenvalue weighted by Gasteiger charge is 2.13. The summed E-state index contributed by atoms with van der Waals surface area (Å²) in [6, 6.07) is 6.07. The predicted molar refractivity (Wildman–Crippen MR) is 65.0 cm³/mol. The fourth-order valence-corrected chi connectivity index (χ4v) is 2.43. The van der Waals surface area contributed by atoms with E-state index in [9.17, 15) is 8.42 Å². The lowest BCUT2D eigenvalue weighted by Gasteiger charge is -2.06. The average Bonchev–Trinajstić information content (AvgIpc) is 2.90. The molecule has 0 atom stereocenters. The zero-order chi connectivity index (χ0) is 13.0. The van der Waals surface area contributed by atoms with Gasteiger partial charge in [0.2, 0.25) is 10.0 Å². The van der Waals surface area contributed by atoms with E-state index in [1.54, 1.807) is 24.5 Å². The van der Waals surface area contributed by atoms with Crippen LogP contribution >= 0.6 is 0 Å². The Bertz CT molecular complexity index is 591. The lowest BCUT2D eigenvalue weighted by atomic mass is 10.2. The quantitative estimate of drug-likeness (QED) is 0.730. The molecule has 0 saturated heterocycles. The molecule has 2 aromatic rings. The summed E-state index contributed by atoms with van der Waals surface area (Å²) in [5.74, 6) is 0. The smallest absolute Gasteiger partial charge is 0.240 e. The van der Waals surface area contributed by atoms with Crippen LogP contribution in [0, 0.1) is 0 Å². The van der Waals surface area contributed by atoms with Crippen LogP contribution in [0.5, 0.6) is 0 Å². The molecular formula is C11H13N3O3S. The van der Waals surface area contributed by atoms with E-state index in [0.717, 1.165) is 5.56 Å². The Labute approximate surface area is 105 Å². The number of benzene rings is 1. The Morgan fingerprint density at radius 3 is 2.50 bits per heavy atom. The molecule has 1 aromatic heterocycles. The Morgan fingerprint density at radius 2 is 1.94 bits per heavy atom. The zero-order valence-electron chi connectivity index (χ0n) is 9.50. The van der Waals surface area contributed by atoms with E-state index in [1.165, 1.54) is 12.1 Å². The van der Waals surface area contributed by atoms with Crippen molar-refractivity contribution in [1.82, 2.24) is 14.9 Å². The Hall–Kier alpha value is -1.70. The monoisotopic (exact) mass is 267 g/mol. The molecule has 0 radical (unpaired) electrons. The van der Waals surface area contributed by atoms with Crippen molar-refractivity contribution in [3.05, 3.63) is 47.8 Å². The van der Waals surface area contributed by atoms with Crippen LogP contribution in [0.3, 0.4) is 0 Å². The van der Waals surface area contributed by atoms with Crippen LogP contribution in [0.1, 0.15) is 11.1 Å². The van der Waals surface area contributed by atoms with Crippen molar-refractivity contribution in [1.29, 1.82) is 0 Å². The maximum atomic E-state index is 11.9. The summed E-state index contributed by atoms with van der Waals surface area (Å²) in [5, 5.41) is 15.2. The number of nitrogens with one attached hydrogen (secondary N) is 2. The predicted octanol–water partition coefficient (Wildman–Crippen LogP) is 0.380. The summed E-state index contributed by atoms with van der Waals surface area (Å²) in [7, 11) is -3.53. The van der Waals surface area contributed by atoms with Gasteiger partial charge in [-0.2, -0.15) is 5.10 Å². The average molecular weight is 267 g/mol. The molecule has 7 heteroatoms. The van der Waals surface area contributed by atoms with Crippen LogP contribution < -0.4 is 4.72 Å². The topological polar surface area (TPSA) is 95.1 Å². The molecule has 0 bridgehead atoms. The molecule has 0 saturated carbocycles. The third-order valence-electron chi connectivity index (χ3n) is 2.44. The molecule has 6 nitrogen and oxygen atoms in total. The van der Waals surface area contributed by atoms with Crippen LogP contribution in [-0.4, -0.2) is 23.7 Å². The van der Waals surface area contributed by atoms with Gasteiger partial charge in [-0.05, 0) is 17.7 Å². The first-order chi connectivity index (χ1) is 8.62. The molecule has 1 heterocycles. The van der Waals surface area contributed by atoms with Crippen LogP contribution in [0.2, 0.25) is 0 Å². The summed E-state index contributed by atoms with van der Waals surface area (Å²) in [6.07, 6.45) is 3.18. The van der Waals surface area contributed by atoms with Gasteiger partial charge in [0, 0.05) is 18.3 Å². The highest BCUT2D eigenvalue weighted by Crippen LogP contribution is 2.11. The summed E-state index contributed by atoms with van der Waals surface area (Å²) in [6.45, 7) is 0.0728. The minimum absolute atomic E-state index is 0.108. The van der Waals surface area contributed by atoms with Crippen molar-refractivity contribution < 1.29 is 13.5 Å². The summed E-state index contributed by atoms with van der Waals surface area (Å²) in [5.41, 5.74) is 1.43. The number of aromatic amines is 1.